The number of anilines is 1. The average Bonchev–Trinajstić information content (AvgIpc) is 2.88. The molecule has 0 heterocycles. The average molecular weight is 580 g/mol. The lowest BCUT2D eigenvalue weighted by Gasteiger charge is -2.33. The summed E-state index contributed by atoms with van der Waals surface area (Å²) in [5, 5.41) is 2.93. The van der Waals surface area contributed by atoms with Crippen molar-refractivity contribution in [2.75, 3.05) is 18.0 Å². The molecular formula is C32H41N3O5S. The molecule has 0 aliphatic rings. The fourth-order valence-corrected chi connectivity index (χ4v) is 5.84. The molecule has 0 spiro atoms. The predicted molar refractivity (Wildman–Crippen MR) is 163 cm³/mol. The molecule has 0 aromatic heterocycles. The van der Waals surface area contributed by atoms with Crippen LogP contribution in [-0.4, -0.2) is 50.4 Å². The van der Waals surface area contributed by atoms with Gasteiger partial charge in [-0.3, -0.25) is 13.9 Å². The van der Waals surface area contributed by atoms with Crippen molar-refractivity contribution in [1.82, 2.24) is 10.2 Å². The van der Waals surface area contributed by atoms with E-state index < -0.39 is 34.1 Å². The molecule has 0 saturated heterocycles. The zero-order chi connectivity index (χ0) is 30.5. The number of carbonyl (C=O) groups excluding carboxylic acids is 2. The second-order valence-corrected chi connectivity index (χ2v) is 13.3. The van der Waals surface area contributed by atoms with Crippen molar-refractivity contribution in [3.63, 3.8) is 0 Å². The highest BCUT2D eigenvalue weighted by molar-refractivity contribution is 7.92. The van der Waals surface area contributed by atoms with Crippen LogP contribution in [0.15, 0.2) is 71.6 Å². The molecule has 0 fully saturated rings. The van der Waals surface area contributed by atoms with Gasteiger partial charge in [-0.25, -0.2) is 8.42 Å². The van der Waals surface area contributed by atoms with E-state index in [2.05, 4.69) is 5.32 Å². The minimum Gasteiger partial charge on any atom is -0.497 e. The maximum Gasteiger partial charge on any atom is 0.264 e. The van der Waals surface area contributed by atoms with Gasteiger partial charge in [-0.05, 0) is 102 Å². The molecule has 1 atom stereocenters. The number of aryl methyl sites for hydroxylation is 3. The van der Waals surface area contributed by atoms with Gasteiger partial charge < -0.3 is 15.0 Å². The molecule has 3 rings (SSSR count). The fraction of sp³-hybridized carbons (Fsp3) is 0.375. The number of methoxy groups -OCH3 is 1. The third-order valence-corrected chi connectivity index (χ3v) is 8.35. The number of amides is 2. The van der Waals surface area contributed by atoms with E-state index in [1.54, 1.807) is 62.6 Å². The van der Waals surface area contributed by atoms with E-state index in [0.717, 1.165) is 26.6 Å². The Bertz CT molecular complexity index is 1460. The summed E-state index contributed by atoms with van der Waals surface area (Å²) >= 11 is 0. The summed E-state index contributed by atoms with van der Waals surface area (Å²) in [4.78, 5) is 28.8. The Morgan fingerprint density at radius 2 is 1.44 bits per heavy atom. The van der Waals surface area contributed by atoms with Crippen LogP contribution in [-0.2, 0) is 26.2 Å². The molecule has 0 aliphatic heterocycles. The topological polar surface area (TPSA) is 96.0 Å². The number of nitrogens with one attached hydrogen (secondary N) is 1. The van der Waals surface area contributed by atoms with Crippen molar-refractivity contribution in [3.05, 3.63) is 89.0 Å². The summed E-state index contributed by atoms with van der Waals surface area (Å²) in [6, 6.07) is 18.3. The van der Waals surface area contributed by atoms with E-state index >= 15 is 0 Å². The normalized spacial score (nSPS) is 12.4. The Labute approximate surface area is 244 Å². The van der Waals surface area contributed by atoms with Gasteiger partial charge in [0.2, 0.25) is 11.8 Å². The highest BCUT2D eigenvalue weighted by atomic mass is 32.2. The first-order chi connectivity index (χ1) is 19.1. The Morgan fingerprint density at radius 1 is 0.878 bits per heavy atom. The van der Waals surface area contributed by atoms with Crippen molar-refractivity contribution in [2.24, 2.45) is 0 Å². The molecule has 0 radical (unpaired) electrons. The number of sulfonamides is 1. The molecule has 2 amide bonds. The number of ether oxygens (including phenoxy) is 1. The lowest BCUT2D eigenvalue weighted by atomic mass is 10.1. The van der Waals surface area contributed by atoms with Crippen LogP contribution >= 0.6 is 0 Å². The minimum atomic E-state index is -4.12. The maximum absolute atomic E-state index is 14.1. The molecule has 8 nitrogen and oxygen atoms in total. The SMILES string of the molecule is COc1ccc(CN(C(=O)CN(c2cc(C)cc(C)c2)S(=O)(=O)c2ccc(C)cc2)C(C)C(=O)NC(C)(C)C)cc1. The highest BCUT2D eigenvalue weighted by Gasteiger charge is 2.33. The molecule has 0 bridgehead atoms. The lowest BCUT2D eigenvalue weighted by Crippen LogP contribution is -2.54. The van der Waals surface area contributed by atoms with Crippen molar-refractivity contribution < 1.29 is 22.7 Å². The van der Waals surface area contributed by atoms with Crippen LogP contribution in [0.4, 0.5) is 5.69 Å². The quantitative estimate of drug-likeness (QED) is 0.359. The van der Waals surface area contributed by atoms with Gasteiger partial charge in [0.1, 0.15) is 18.3 Å². The van der Waals surface area contributed by atoms with Crippen LogP contribution in [0.1, 0.15) is 49.9 Å². The molecule has 0 aliphatic carbocycles. The largest absolute Gasteiger partial charge is 0.497 e. The molecule has 1 N–H and O–H groups in total. The number of nitrogens with zero attached hydrogens (tertiary/aromatic N) is 2. The predicted octanol–water partition coefficient (Wildman–Crippen LogP) is 5.15. The Hall–Kier alpha value is -3.85. The Morgan fingerprint density at radius 3 is 1.95 bits per heavy atom. The first kappa shape index (κ1) is 31.7. The van der Waals surface area contributed by atoms with Crippen LogP contribution in [0.3, 0.4) is 0 Å². The van der Waals surface area contributed by atoms with Gasteiger partial charge in [0, 0.05) is 12.1 Å². The summed E-state index contributed by atoms with van der Waals surface area (Å²) in [7, 11) is -2.55. The third-order valence-electron chi connectivity index (χ3n) is 6.56. The van der Waals surface area contributed by atoms with Gasteiger partial charge in [0.05, 0.1) is 17.7 Å². The fourth-order valence-electron chi connectivity index (χ4n) is 4.45. The number of carbonyl (C=O) groups is 2. The van der Waals surface area contributed by atoms with Crippen LogP contribution < -0.4 is 14.4 Å². The van der Waals surface area contributed by atoms with Crippen LogP contribution in [0.5, 0.6) is 5.75 Å². The van der Waals surface area contributed by atoms with Gasteiger partial charge in [0.25, 0.3) is 10.0 Å². The van der Waals surface area contributed by atoms with Crippen molar-refractivity contribution >= 4 is 27.5 Å². The minimum absolute atomic E-state index is 0.0790. The third kappa shape index (κ3) is 8.33. The van der Waals surface area contributed by atoms with Gasteiger partial charge in [-0.1, -0.05) is 35.9 Å². The number of rotatable bonds is 10. The molecule has 0 saturated carbocycles. The standard InChI is InChI=1S/C32H41N3O5S/c1-22-9-15-29(16-10-22)41(38,39)35(27-18-23(2)17-24(3)19-27)21-30(36)34(25(4)31(37)33-32(5,6)7)20-26-11-13-28(40-8)14-12-26/h9-19,25H,20-21H2,1-8H3,(H,33,37). The first-order valence-electron chi connectivity index (χ1n) is 13.5. The van der Waals surface area contributed by atoms with E-state index in [-0.39, 0.29) is 17.3 Å². The summed E-state index contributed by atoms with van der Waals surface area (Å²) in [6.45, 7) is 12.5. The highest BCUT2D eigenvalue weighted by Crippen LogP contribution is 2.27. The van der Waals surface area contributed by atoms with Crippen molar-refractivity contribution in [1.29, 1.82) is 0 Å². The molecule has 220 valence electrons. The lowest BCUT2D eigenvalue weighted by molar-refractivity contribution is -0.140. The van der Waals surface area contributed by atoms with Gasteiger partial charge in [0.15, 0.2) is 0 Å². The van der Waals surface area contributed by atoms with Crippen LogP contribution in [0, 0.1) is 20.8 Å². The molecular weight excluding hydrogens is 538 g/mol. The van der Waals surface area contributed by atoms with Gasteiger partial charge >= 0.3 is 0 Å². The first-order valence-corrected chi connectivity index (χ1v) is 15.0. The van der Waals surface area contributed by atoms with E-state index in [1.165, 1.54) is 4.90 Å². The zero-order valence-electron chi connectivity index (χ0n) is 25.2. The summed E-state index contributed by atoms with van der Waals surface area (Å²) < 4.78 is 34.4. The van der Waals surface area contributed by atoms with Gasteiger partial charge in [-0.2, -0.15) is 0 Å². The van der Waals surface area contributed by atoms with Crippen LogP contribution in [0.25, 0.3) is 0 Å². The molecule has 3 aromatic carbocycles. The molecule has 1 unspecified atom stereocenters. The maximum atomic E-state index is 14.1. The van der Waals surface area contributed by atoms with E-state index in [1.807, 2.05) is 59.7 Å². The van der Waals surface area contributed by atoms with Crippen LogP contribution in [0.2, 0.25) is 0 Å². The monoisotopic (exact) mass is 579 g/mol. The number of benzene rings is 3. The van der Waals surface area contributed by atoms with Crippen molar-refractivity contribution in [2.45, 2.75) is 71.5 Å². The molecule has 3 aromatic rings. The van der Waals surface area contributed by atoms with E-state index in [4.69, 9.17) is 4.74 Å². The second kappa shape index (κ2) is 12.8. The van der Waals surface area contributed by atoms with E-state index in [9.17, 15) is 18.0 Å². The van der Waals surface area contributed by atoms with Gasteiger partial charge in [-0.15, -0.1) is 0 Å². The summed E-state index contributed by atoms with van der Waals surface area (Å²) in [5.41, 5.74) is 3.29. The summed E-state index contributed by atoms with van der Waals surface area (Å²) in [6.07, 6.45) is 0. The second-order valence-electron chi connectivity index (χ2n) is 11.5. The van der Waals surface area contributed by atoms with E-state index in [0.29, 0.717) is 11.4 Å². The Kier molecular flexibility index (Phi) is 9.86. The molecule has 41 heavy (non-hydrogen) atoms. The van der Waals surface area contributed by atoms with Crippen molar-refractivity contribution in [3.8, 4) is 5.75 Å². The number of hydrogen-bond donors (Lipinski definition) is 1. The Balaban J connectivity index is 2.06. The molecule has 9 heteroatoms. The zero-order valence-corrected chi connectivity index (χ0v) is 26.0. The number of hydrogen-bond acceptors (Lipinski definition) is 5. The smallest absolute Gasteiger partial charge is 0.264 e. The summed E-state index contributed by atoms with van der Waals surface area (Å²) in [5.74, 6) is -0.179.